The second kappa shape index (κ2) is 7.13. The summed E-state index contributed by atoms with van der Waals surface area (Å²) in [5, 5.41) is 2.70. The van der Waals surface area contributed by atoms with E-state index in [9.17, 15) is 13.2 Å². The van der Waals surface area contributed by atoms with Gasteiger partial charge < -0.3 is 5.32 Å². The van der Waals surface area contributed by atoms with Gasteiger partial charge in [0.25, 0.3) is 0 Å². The van der Waals surface area contributed by atoms with Crippen LogP contribution in [0.4, 0.5) is 5.69 Å². The lowest BCUT2D eigenvalue weighted by molar-refractivity contribution is -0.119. The summed E-state index contributed by atoms with van der Waals surface area (Å²) in [5.41, 5.74) is 1.61. The van der Waals surface area contributed by atoms with Crippen LogP contribution in [0.25, 0.3) is 0 Å². The van der Waals surface area contributed by atoms with Crippen LogP contribution >= 0.6 is 0 Å². The predicted octanol–water partition coefficient (Wildman–Crippen LogP) is 2.28. The molecule has 6 heteroatoms. The first-order chi connectivity index (χ1) is 10.1. The lowest BCUT2D eigenvalue weighted by atomic mass is 9.87. The third-order valence-corrected chi connectivity index (χ3v) is 4.42. The fourth-order valence-electron chi connectivity index (χ4n) is 1.98. The average molecular weight is 326 g/mol. The summed E-state index contributed by atoms with van der Waals surface area (Å²) < 4.78 is 25.1. The number of hydrogen-bond acceptors (Lipinski definition) is 3. The minimum atomic E-state index is -3.51. The highest BCUT2D eigenvalue weighted by Crippen LogP contribution is 2.25. The quantitative estimate of drug-likeness (QED) is 0.872. The molecular weight excluding hydrogens is 300 g/mol. The topological polar surface area (TPSA) is 66.5 Å². The van der Waals surface area contributed by atoms with Crippen molar-refractivity contribution in [3.8, 4) is 0 Å². The predicted molar refractivity (Wildman–Crippen MR) is 90.6 cm³/mol. The number of carbonyl (C=O) groups is 1. The molecule has 0 unspecified atom stereocenters. The van der Waals surface area contributed by atoms with Crippen LogP contribution in [-0.4, -0.2) is 33.7 Å². The Hall–Kier alpha value is -1.56. The largest absolute Gasteiger partial charge is 0.355 e. The van der Waals surface area contributed by atoms with Crippen LogP contribution in [-0.2, 0) is 20.2 Å². The molecule has 0 aliphatic heterocycles. The van der Waals surface area contributed by atoms with Gasteiger partial charge >= 0.3 is 0 Å². The zero-order valence-corrected chi connectivity index (χ0v) is 14.8. The zero-order chi connectivity index (χ0) is 17.0. The Morgan fingerprint density at radius 3 is 2.14 bits per heavy atom. The number of rotatable bonds is 6. The van der Waals surface area contributed by atoms with Crippen molar-refractivity contribution in [2.24, 2.45) is 0 Å². The molecule has 0 saturated carbocycles. The van der Waals surface area contributed by atoms with E-state index in [2.05, 4.69) is 26.1 Å². The molecule has 1 aromatic carbocycles. The van der Waals surface area contributed by atoms with Gasteiger partial charge in [-0.25, -0.2) is 8.42 Å². The summed E-state index contributed by atoms with van der Waals surface area (Å²) in [6.45, 7) is 8.56. The second-order valence-corrected chi connectivity index (χ2v) is 8.32. The van der Waals surface area contributed by atoms with Crippen molar-refractivity contribution in [1.29, 1.82) is 0 Å². The van der Waals surface area contributed by atoms with Gasteiger partial charge in [-0.2, -0.15) is 0 Å². The molecule has 124 valence electrons. The summed E-state index contributed by atoms with van der Waals surface area (Å²) in [4.78, 5) is 11.8. The molecule has 22 heavy (non-hydrogen) atoms. The van der Waals surface area contributed by atoms with E-state index in [4.69, 9.17) is 0 Å². The molecule has 0 aromatic heterocycles. The van der Waals surface area contributed by atoms with Crippen LogP contribution in [0.1, 0.15) is 39.7 Å². The van der Waals surface area contributed by atoms with Gasteiger partial charge in [0.15, 0.2) is 0 Å². The maximum absolute atomic E-state index is 12.0. The van der Waals surface area contributed by atoms with Crippen LogP contribution in [0.2, 0.25) is 0 Å². The minimum Gasteiger partial charge on any atom is -0.355 e. The van der Waals surface area contributed by atoms with Gasteiger partial charge in [-0.3, -0.25) is 9.10 Å². The molecule has 0 heterocycles. The molecular formula is C16H26N2O3S. The smallest absolute Gasteiger partial charge is 0.240 e. The van der Waals surface area contributed by atoms with Crippen molar-refractivity contribution in [3.63, 3.8) is 0 Å². The van der Waals surface area contributed by atoms with Crippen molar-refractivity contribution in [1.82, 2.24) is 5.32 Å². The van der Waals surface area contributed by atoms with E-state index in [0.717, 1.165) is 22.5 Å². The molecule has 0 aliphatic rings. The third kappa shape index (κ3) is 5.33. The van der Waals surface area contributed by atoms with Crippen molar-refractivity contribution in [3.05, 3.63) is 29.8 Å². The van der Waals surface area contributed by atoms with E-state index in [1.54, 1.807) is 12.1 Å². The van der Waals surface area contributed by atoms with Crippen LogP contribution in [0.3, 0.4) is 0 Å². The normalized spacial score (nSPS) is 12.0. The number of benzene rings is 1. The number of sulfonamides is 1. The summed E-state index contributed by atoms with van der Waals surface area (Å²) in [5.74, 6) is -0.299. The molecule has 0 radical (unpaired) electrons. The number of nitrogens with zero attached hydrogens (tertiary/aromatic N) is 1. The van der Waals surface area contributed by atoms with Crippen LogP contribution in [0.15, 0.2) is 24.3 Å². The third-order valence-electron chi connectivity index (χ3n) is 3.28. The molecule has 0 bridgehead atoms. The average Bonchev–Trinajstić information content (AvgIpc) is 2.40. The van der Waals surface area contributed by atoms with Crippen LogP contribution in [0, 0.1) is 0 Å². The number of nitrogens with one attached hydrogen (secondary N) is 1. The second-order valence-electron chi connectivity index (χ2n) is 6.42. The Morgan fingerprint density at radius 2 is 1.73 bits per heavy atom. The molecule has 0 spiro atoms. The Kier molecular flexibility index (Phi) is 6.00. The summed E-state index contributed by atoms with van der Waals surface area (Å²) in [6, 6.07) is 7.29. The molecule has 1 amide bonds. The minimum absolute atomic E-state index is 0.00699. The first-order valence-electron chi connectivity index (χ1n) is 7.40. The standard InChI is InChI=1S/C16H26N2O3S/c1-6-11-17-15(19)12-18(22(5,20)21)14-9-7-13(8-10-14)16(2,3)4/h7-10H,6,11-12H2,1-5H3,(H,17,19). The van der Waals surface area contributed by atoms with E-state index in [-0.39, 0.29) is 17.9 Å². The number of hydrogen-bond donors (Lipinski definition) is 1. The molecule has 0 aliphatic carbocycles. The first-order valence-corrected chi connectivity index (χ1v) is 9.25. The van der Waals surface area contributed by atoms with Gasteiger partial charge in [0, 0.05) is 6.54 Å². The Balaban J connectivity index is 3.01. The fourth-order valence-corrected chi connectivity index (χ4v) is 2.83. The van der Waals surface area contributed by atoms with Gasteiger partial charge in [0.05, 0.1) is 11.9 Å². The highest BCUT2D eigenvalue weighted by molar-refractivity contribution is 7.92. The monoisotopic (exact) mass is 326 g/mol. The summed E-state index contributed by atoms with van der Waals surface area (Å²) in [7, 11) is -3.51. The number of amides is 1. The first kappa shape index (κ1) is 18.5. The van der Waals surface area contributed by atoms with Gasteiger partial charge in [0.1, 0.15) is 6.54 Å². The maximum atomic E-state index is 12.0. The van der Waals surface area contributed by atoms with Gasteiger partial charge in [-0.1, -0.05) is 39.8 Å². The van der Waals surface area contributed by atoms with Crippen molar-refractivity contribution < 1.29 is 13.2 Å². The highest BCUT2D eigenvalue weighted by atomic mass is 32.2. The molecule has 0 saturated heterocycles. The molecule has 1 aromatic rings. The zero-order valence-electron chi connectivity index (χ0n) is 14.0. The van der Waals surface area contributed by atoms with Gasteiger partial charge in [-0.05, 0) is 29.5 Å². The summed E-state index contributed by atoms with van der Waals surface area (Å²) >= 11 is 0. The van der Waals surface area contributed by atoms with E-state index in [1.807, 2.05) is 19.1 Å². The van der Waals surface area contributed by atoms with Crippen LogP contribution < -0.4 is 9.62 Å². The molecule has 1 rings (SSSR count). The highest BCUT2D eigenvalue weighted by Gasteiger charge is 2.21. The van der Waals surface area contributed by atoms with Gasteiger partial charge in [0.2, 0.25) is 15.9 Å². The number of carbonyl (C=O) groups excluding carboxylic acids is 1. The van der Waals surface area contributed by atoms with E-state index < -0.39 is 10.0 Å². The molecule has 1 N–H and O–H groups in total. The lowest BCUT2D eigenvalue weighted by Crippen LogP contribution is -2.40. The van der Waals surface area contributed by atoms with Crippen LogP contribution in [0.5, 0.6) is 0 Å². The van der Waals surface area contributed by atoms with Crippen molar-refractivity contribution >= 4 is 21.6 Å². The van der Waals surface area contributed by atoms with E-state index in [0.29, 0.717) is 12.2 Å². The maximum Gasteiger partial charge on any atom is 0.240 e. The number of anilines is 1. The lowest BCUT2D eigenvalue weighted by Gasteiger charge is -2.24. The Bertz CT molecular complexity index is 601. The van der Waals surface area contributed by atoms with Crippen molar-refractivity contribution in [2.45, 2.75) is 39.5 Å². The van der Waals surface area contributed by atoms with E-state index in [1.165, 1.54) is 0 Å². The molecule has 0 atom stereocenters. The van der Waals surface area contributed by atoms with Crippen molar-refractivity contribution in [2.75, 3.05) is 23.7 Å². The molecule has 5 nitrogen and oxygen atoms in total. The Labute approximate surface area is 133 Å². The Morgan fingerprint density at radius 1 is 1.18 bits per heavy atom. The molecule has 0 fully saturated rings. The fraction of sp³-hybridized carbons (Fsp3) is 0.562. The SMILES string of the molecule is CCCNC(=O)CN(c1ccc(C(C)(C)C)cc1)S(C)(=O)=O. The summed E-state index contributed by atoms with van der Waals surface area (Å²) in [6.07, 6.45) is 1.92. The van der Waals surface area contributed by atoms with Gasteiger partial charge in [-0.15, -0.1) is 0 Å². The van der Waals surface area contributed by atoms with E-state index >= 15 is 0 Å².